The number of carbonyl (C=O) groups is 1. The number of esters is 1. The molecule has 0 aliphatic carbocycles. The topological polar surface area (TPSA) is 48.1 Å². The molecule has 23 heavy (non-hydrogen) atoms. The van der Waals surface area contributed by atoms with E-state index < -0.39 is 6.10 Å². The van der Waals surface area contributed by atoms with Crippen LogP contribution in [0.1, 0.15) is 66.2 Å². The molecule has 132 valence electrons. The van der Waals surface area contributed by atoms with Crippen LogP contribution in [0.3, 0.4) is 0 Å². The van der Waals surface area contributed by atoms with Crippen LogP contribution in [0.15, 0.2) is 0 Å². The summed E-state index contributed by atoms with van der Waals surface area (Å²) in [7, 11) is 1.77. The number of epoxide rings is 1. The minimum atomic E-state index is -0.436. The number of ether oxygens (including phenoxy) is 3. The quantitative estimate of drug-likeness (QED) is 0.330. The highest BCUT2D eigenvalue weighted by Gasteiger charge is 2.57. The molecule has 0 amide bonds. The minimum absolute atomic E-state index is 0.0175. The van der Waals surface area contributed by atoms with Crippen molar-refractivity contribution >= 4 is 5.97 Å². The van der Waals surface area contributed by atoms with Crippen molar-refractivity contribution in [1.29, 1.82) is 0 Å². The summed E-state index contributed by atoms with van der Waals surface area (Å²) in [5, 5.41) is 0. The van der Waals surface area contributed by atoms with Gasteiger partial charge in [-0.05, 0) is 39.5 Å². The largest absolute Gasteiger partial charge is 0.451 e. The van der Waals surface area contributed by atoms with Gasteiger partial charge in [-0.15, -0.1) is 6.42 Å². The first kappa shape index (κ1) is 20.0. The van der Waals surface area contributed by atoms with E-state index in [9.17, 15) is 4.79 Å². The van der Waals surface area contributed by atoms with Crippen LogP contribution >= 0.6 is 0 Å². The third-order valence-corrected chi connectivity index (χ3v) is 4.79. The molecule has 1 saturated heterocycles. The lowest BCUT2D eigenvalue weighted by Gasteiger charge is -2.23. The van der Waals surface area contributed by atoms with Gasteiger partial charge in [-0.3, -0.25) is 0 Å². The second-order valence-electron chi connectivity index (χ2n) is 7.48. The standard InChI is InChI=1S/C19H32O4/c1-7-14-22-17(20)16-19(5,23-16)13-9-11-15(2)10-8-12-18(3,4)21-6/h1,15-16H,8-14H2,2-6H3/t15?,16-,19-/m0/s1. The molecule has 1 unspecified atom stereocenters. The molecule has 1 aliphatic rings. The maximum Gasteiger partial charge on any atom is 0.339 e. The lowest BCUT2D eigenvalue weighted by Crippen LogP contribution is -2.22. The number of terminal acetylenes is 1. The van der Waals surface area contributed by atoms with Gasteiger partial charge in [0.15, 0.2) is 12.7 Å². The van der Waals surface area contributed by atoms with Crippen molar-refractivity contribution in [3.8, 4) is 12.3 Å². The zero-order chi connectivity index (χ0) is 17.5. The molecule has 0 N–H and O–H groups in total. The second-order valence-corrected chi connectivity index (χ2v) is 7.48. The van der Waals surface area contributed by atoms with Gasteiger partial charge in [0.2, 0.25) is 0 Å². The Hall–Kier alpha value is -1.05. The van der Waals surface area contributed by atoms with Gasteiger partial charge in [0.1, 0.15) is 5.60 Å². The van der Waals surface area contributed by atoms with Crippen molar-refractivity contribution in [1.82, 2.24) is 0 Å². The molecular weight excluding hydrogens is 292 g/mol. The van der Waals surface area contributed by atoms with E-state index >= 15 is 0 Å². The van der Waals surface area contributed by atoms with Crippen LogP contribution in [-0.4, -0.2) is 37.0 Å². The Balaban J connectivity index is 2.15. The average molecular weight is 324 g/mol. The van der Waals surface area contributed by atoms with E-state index in [0.29, 0.717) is 5.92 Å². The molecule has 0 bridgehead atoms. The first-order chi connectivity index (χ1) is 10.7. The van der Waals surface area contributed by atoms with Gasteiger partial charge in [0.05, 0.1) is 5.60 Å². The predicted molar refractivity (Wildman–Crippen MR) is 91.0 cm³/mol. The SMILES string of the molecule is C#CCOC(=O)[C@@H]1O[C@@]1(C)CCCC(C)CCCC(C)(C)OC. The van der Waals surface area contributed by atoms with E-state index in [1.54, 1.807) is 7.11 Å². The smallest absolute Gasteiger partial charge is 0.339 e. The monoisotopic (exact) mass is 324 g/mol. The molecule has 1 rings (SSSR count). The molecule has 1 aliphatic heterocycles. The molecule has 0 spiro atoms. The summed E-state index contributed by atoms with van der Waals surface area (Å²) in [6, 6.07) is 0. The van der Waals surface area contributed by atoms with Crippen LogP contribution in [0, 0.1) is 18.3 Å². The normalized spacial score (nSPS) is 24.8. The Bertz CT molecular complexity index is 424. The molecule has 4 heteroatoms. The molecule has 3 atom stereocenters. The van der Waals surface area contributed by atoms with Gasteiger partial charge >= 0.3 is 5.97 Å². The fourth-order valence-electron chi connectivity index (χ4n) is 2.84. The van der Waals surface area contributed by atoms with Gasteiger partial charge in [-0.2, -0.15) is 0 Å². The van der Waals surface area contributed by atoms with Crippen molar-refractivity contribution in [3.63, 3.8) is 0 Å². The summed E-state index contributed by atoms with van der Waals surface area (Å²) >= 11 is 0. The summed E-state index contributed by atoms with van der Waals surface area (Å²) < 4.78 is 15.9. The Morgan fingerprint density at radius 3 is 2.65 bits per heavy atom. The summed E-state index contributed by atoms with van der Waals surface area (Å²) in [5.74, 6) is 2.64. The van der Waals surface area contributed by atoms with Crippen LogP contribution in [0.5, 0.6) is 0 Å². The van der Waals surface area contributed by atoms with E-state index in [1.165, 1.54) is 12.8 Å². The van der Waals surface area contributed by atoms with E-state index in [1.807, 2.05) is 6.92 Å². The van der Waals surface area contributed by atoms with Gasteiger partial charge in [0, 0.05) is 7.11 Å². The molecule has 4 nitrogen and oxygen atoms in total. The number of hydrogen-bond donors (Lipinski definition) is 0. The van der Waals surface area contributed by atoms with Crippen LogP contribution in [0.4, 0.5) is 0 Å². The first-order valence-electron chi connectivity index (χ1n) is 8.57. The number of hydrogen-bond acceptors (Lipinski definition) is 4. The Morgan fingerprint density at radius 1 is 1.39 bits per heavy atom. The zero-order valence-electron chi connectivity index (χ0n) is 15.3. The fourth-order valence-corrected chi connectivity index (χ4v) is 2.84. The molecule has 0 aromatic heterocycles. The Morgan fingerprint density at radius 2 is 2.04 bits per heavy atom. The summed E-state index contributed by atoms with van der Waals surface area (Å²) in [4.78, 5) is 11.7. The van der Waals surface area contributed by atoms with Gasteiger partial charge in [-0.1, -0.05) is 38.5 Å². The Kier molecular flexibility index (Phi) is 7.57. The number of rotatable bonds is 11. The zero-order valence-corrected chi connectivity index (χ0v) is 15.3. The van der Waals surface area contributed by atoms with E-state index in [-0.39, 0.29) is 23.8 Å². The molecule has 1 heterocycles. The lowest BCUT2D eigenvalue weighted by atomic mass is 9.91. The third kappa shape index (κ3) is 6.93. The van der Waals surface area contributed by atoms with Crippen LogP contribution in [-0.2, 0) is 19.0 Å². The van der Waals surface area contributed by atoms with Crippen LogP contribution in [0.2, 0.25) is 0 Å². The van der Waals surface area contributed by atoms with Gasteiger partial charge < -0.3 is 14.2 Å². The van der Waals surface area contributed by atoms with E-state index in [2.05, 4.69) is 26.7 Å². The Labute approximate surface area is 141 Å². The number of methoxy groups -OCH3 is 1. The molecule has 0 aromatic carbocycles. The summed E-state index contributed by atoms with van der Waals surface area (Å²) in [5.41, 5.74) is -0.384. The fraction of sp³-hybridized carbons (Fsp3) is 0.842. The molecule has 0 aromatic rings. The molecule has 0 saturated carbocycles. The third-order valence-electron chi connectivity index (χ3n) is 4.79. The van der Waals surface area contributed by atoms with Crippen molar-refractivity contribution < 1.29 is 19.0 Å². The van der Waals surface area contributed by atoms with E-state index in [4.69, 9.17) is 20.6 Å². The number of carbonyl (C=O) groups excluding carboxylic acids is 1. The first-order valence-corrected chi connectivity index (χ1v) is 8.57. The molecule has 0 radical (unpaired) electrons. The summed E-state index contributed by atoms with van der Waals surface area (Å²) in [6.45, 7) is 8.53. The van der Waals surface area contributed by atoms with Crippen molar-refractivity contribution in [2.75, 3.05) is 13.7 Å². The highest BCUT2D eigenvalue weighted by atomic mass is 16.7. The highest BCUT2D eigenvalue weighted by molar-refractivity contribution is 5.79. The lowest BCUT2D eigenvalue weighted by molar-refractivity contribution is -0.143. The predicted octanol–water partition coefficient (Wildman–Crippen LogP) is 3.72. The van der Waals surface area contributed by atoms with Crippen molar-refractivity contribution in [3.05, 3.63) is 0 Å². The molecular formula is C19H32O4. The molecule has 1 fully saturated rings. The maximum absolute atomic E-state index is 11.7. The summed E-state index contributed by atoms with van der Waals surface area (Å²) in [6.07, 6.45) is 11.2. The maximum atomic E-state index is 11.7. The van der Waals surface area contributed by atoms with Gasteiger partial charge in [0.25, 0.3) is 0 Å². The van der Waals surface area contributed by atoms with Crippen LogP contribution in [0.25, 0.3) is 0 Å². The average Bonchev–Trinajstić information content (AvgIpc) is 3.16. The second kappa shape index (κ2) is 8.70. The van der Waals surface area contributed by atoms with Crippen LogP contribution < -0.4 is 0 Å². The van der Waals surface area contributed by atoms with Crippen molar-refractivity contribution in [2.45, 2.75) is 83.5 Å². The van der Waals surface area contributed by atoms with Gasteiger partial charge in [-0.25, -0.2) is 4.79 Å². The highest BCUT2D eigenvalue weighted by Crippen LogP contribution is 2.41. The van der Waals surface area contributed by atoms with E-state index in [0.717, 1.165) is 25.7 Å². The van der Waals surface area contributed by atoms with Crippen molar-refractivity contribution in [2.24, 2.45) is 5.92 Å². The minimum Gasteiger partial charge on any atom is -0.451 e.